The number of hydrogen-bond donors (Lipinski definition) is 2. The summed E-state index contributed by atoms with van der Waals surface area (Å²) in [7, 11) is 0. The first kappa shape index (κ1) is 14.5. The van der Waals surface area contributed by atoms with Crippen LogP contribution in [0.25, 0.3) is 0 Å². The van der Waals surface area contributed by atoms with Gasteiger partial charge in [0.15, 0.2) is 10.7 Å². The summed E-state index contributed by atoms with van der Waals surface area (Å²) < 4.78 is 6.06. The molecule has 2 aliphatic rings. The Labute approximate surface area is 134 Å². The molecule has 1 amide bonds. The van der Waals surface area contributed by atoms with Gasteiger partial charge in [0.1, 0.15) is 11.9 Å². The van der Waals surface area contributed by atoms with Crippen molar-refractivity contribution >= 4 is 23.2 Å². The van der Waals surface area contributed by atoms with E-state index in [0.29, 0.717) is 17.3 Å². The van der Waals surface area contributed by atoms with Crippen molar-refractivity contribution in [1.82, 2.24) is 10.6 Å². The lowest BCUT2D eigenvalue weighted by Gasteiger charge is -2.38. The highest BCUT2D eigenvalue weighted by molar-refractivity contribution is 7.80. The van der Waals surface area contributed by atoms with Crippen molar-refractivity contribution in [2.45, 2.75) is 18.1 Å². The smallest absolute Gasteiger partial charge is 0.256 e. The van der Waals surface area contributed by atoms with Crippen molar-refractivity contribution in [3.05, 3.63) is 66.8 Å². The standard InChI is InChI=1S/C17H16N2O2S/c1-3-7-11(4-2)14-10-17(15(20)18-16(22)19-17)12-8-5-6-9-13(12)21-14/h3-9,14H,1-2,10H2,(H2,18,19,20,22)/b11-7+. The molecule has 2 aliphatic heterocycles. The van der Waals surface area contributed by atoms with E-state index >= 15 is 0 Å². The zero-order chi connectivity index (χ0) is 15.7. The van der Waals surface area contributed by atoms with Crippen LogP contribution in [0, 0.1) is 0 Å². The molecule has 1 aromatic carbocycles. The quantitative estimate of drug-likeness (QED) is 0.664. The van der Waals surface area contributed by atoms with Crippen molar-refractivity contribution < 1.29 is 9.53 Å². The number of fused-ring (bicyclic) bond motifs is 2. The molecule has 0 aliphatic carbocycles. The minimum Gasteiger partial charge on any atom is -0.485 e. The van der Waals surface area contributed by atoms with Crippen molar-refractivity contribution in [3.8, 4) is 5.75 Å². The van der Waals surface area contributed by atoms with E-state index in [4.69, 9.17) is 17.0 Å². The zero-order valence-electron chi connectivity index (χ0n) is 12.0. The van der Waals surface area contributed by atoms with Crippen LogP contribution in [0.2, 0.25) is 0 Å². The van der Waals surface area contributed by atoms with Gasteiger partial charge in [-0.1, -0.05) is 49.6 Å². The van der Waals surface area contributed by atoms with Gasteiger partial charge in [0, 0.05) is 12.0 Å². The van der Waals surface area contributed by atoms with Crippen LogP contribution in [-0.2, 0) is 10.3 Å². The van der Waals surface area contributed by atoms with Crippen LogP contribution >= 0.6 is 12.2 Å². The molecule has 22 heavy (non-hydrogen) atoms. The molecule has 0 bridgehead atoms. The largest absolute Gasteiger partial charge is 0.485 e. The fraction of sp³-hybridized carbons (Fsp3) is 0.176. The van der Waals surface area contributed by atoms with Gasteiger partial charge in [-0.25, -0.2) is 0 Å². The summed E-state index contributed by atoms with van der Waals surface area (Å²) in [6, 6.07) is 7.50. The van der Waals surface area contributed by atoms with Crippen LogP contribution in [0.4, 0.5) is 0 Å². The molecule has 2 heterocycles. The third-order valence-electron chi connectivity index (χ3n) is 3.97. The summed E-state index contributed by atoms with van der Waals surface area (Å²) in [5.74, 6) is 0.517. The number of ether oxygens (including phenoxy) is 1. The van der Waals surface area contributed by atoms with Crippen LogP contribution < -0.4 is 15.4 Å². The minimum absolute atomic E-state index is 0.153. The fourth-order valence-corrected chi connectivity index (χ4v) is 3.23. The molecule has 1 saturated heterocycles. The van der Waals surface area contributed by atoms with Crippen molar-refractivity contribution in [2.24, 2.45) is 0 Å². The number of thiocarbonyl (C=S) groups is 1. The topological polar surface area (TPSA) is 50.4 Å². The van der Waals surface area contributed by atoms with Crippen LogP contribution in [0.1, 0.15) is 12.0 Å². The Bertz CT molecular complexity index is 710. The lowest BCUT2D eigenvalue weighted by molar-refractivity contribution is -0.125. The molecule has 2 atom stereocenters. The van der Waals surface area contributed by atoms with Crippen LogP contribution in [0.15, 0.2) is 61.2 Å². The molecule has 3 rings (SSSR count). The van der Waals surface area contributed by atoms with E-state index in [1.54, 1.807) is 12.2 Å². The summed E-state index contributed by atoms with van der Waals surface area (Å²) in [4.78, 5) is 12.6. The van der Waals surface area contributed by atoms with E-state index < -0.39 is 5.54 Å². The normalized spacial score (nSPS) is 26.7. The minimum atomic E-state index is -0.903. The predicted molar refractivity (Wildman–Crippen MR) is 89.5 cm³/mol. The Morgan fingerprint density at radius 1 is 1.41 bits per heavy atom. The number of benzene rings is 1. The molecule has 0 saturated carbocycles. The fourth-order valence-electron chi connectivity index (χ4n) is 2.96. The third-order valence-corrected chi connectivity index (χ3v) is 4.17. The molecule has 0 radical (unpaired) electrons. The monoisotopic (exact) mass is 312 g/mol. The van der Waals surface area contributed by atoms with Crippen molar-refractivity contribution in [3.63, 3.8) is 0 Å². The first-order chi connectivity index (χ1) is 10.6. The number of allylic oxidation sites excluding steroid dienone is 2. The number of rotatable bonds is 3. The second kappa shape index (κ2) is 5.42. The van der Waals surface area contributed by atoms with Crippen LogP contribution in [0.3, 0.4) is 0 Å². The number of carbonyl (C=O) groups excluding carboxylic acids is 1. The lowest BCUT2D eigenvalue weighted by Crippen LogP contribution is -2.50. The maximum Gasteiger partial charge on any atom is 0.256 e. The number of nitrogens with one attached hydrogen (secondary N) is 2. The summed E-state index contributed by atoms with van der Waals surface area (Å²) in [5.41, 5.74) is 0.766. The second-order valence-corrected chi connectivity index (χ2v) is 5.64. The van der Waals surface area contributed by atoms with E-state index in [2.05, 4.69) is 23.8 Å². The predicted octanol–water partition coefficient (Wildman–Crippen LogP) is 2.34. The lowest BCUT2D eigenvalue weighted by atomic mass is 9.80. The molecule has 1 spiro atoms. The van der Waals surface area contributed by atoms with E-state index in [-0.39, 0.29) is 12.0 Å². The molecule has 2 unspecified atom stereocenters. The number of carbonyl (C=O) groups is 1. The molecular weight excluding hydrogens is 296 g/mol. The van der Waals surface area contributed by atoms with Gasteiger partial charge in [0.05, 0.1) is 0 Å². The summed E-state index contributed by atoms with van der Waals surface area (Å²) >= 11 is 5.13. The molecule has 1 fully saturated rings. The number of amides is 1. The maximum atomic E-state index is 12.6. The Morgan fingerprint density at radius 3 is 2.82 bits per heavy atom. The average Bonchev–Trinajstić information content (AvgIpc) is 2.79. The van der Waals surface area contributed by atoms with Gasteiger partial charge in [-0.05, 0) is 23.9 Å². The highest BCUT2D eigenvalue weighted by Gasteiger charge is 2.52. The van der Waals surface area contributed by atoms with Gasteiger partial charge in [-0.3, -0.25) is 4.79 Å². The number of hydrogen-bond acceptors (Lipinski definition) is 3. The third kappa shape index (κ3) is 2.14. The Hall–Kier alpha value is -2.40. The Balaban J connectivity index is 2.12. The Morgan fingerprint density at radius 2 is 2.18 bits per heavy atom. The van der Waals surface area contributed by atoms with Gasteiger partial charge in [0.25, 0.3) is 5.91 Å². The first-order valence-electron chi connectivity index (χ1n) is 6.95. The molecule has 2 N–H and O–H groups in total. The summed E-state index contributed by atoms with van der Waals surface area (Å²) in [6.45, 7) is 7.53. The second-order valence-electron chi connectivity index (χ2n) is 5.23. The Kier molecular flexibility index (Phi) is 3.58. The van der Waals surface area contributed by atoms with Gasteiger partial charge in [-0.15, -0.1) is 0 Å². The van der Waals surface area contributed by atoms with Gasteiger partial charge in [-0.2, -0.15) is 0 Å². The zero-order valence-corrected chi connectivity index (χ0v) is 12.8. The number of para-hydroxylation sites is 1. The SMILES string of the molecule is C=C/C=C(\C=C)C1CC2(NC(=S)NC2=O)c2ccccc2O1. The highest BCUT2D eigenvalue weighted by Crippen LogP contribution is 2.42. The molecule has 4 nitrogen and oxygen atoms in total. The van der Waals surface area contributed by atoms with E-state index in [9.17, 15) is 4.79 Å². The van der Waals surface area contributed by atoms with Crippen LogP contribution in [-0.4, -0.2) is 17.1 Å². The van der Waals surface area contributed by atoms with E-state index in [1.807, 2.05) is 30.3 Å². The molecule has 5 heteroatoms. The van der Waals surface area contributed by atoms with E-state index in [0.717, 1.165) is 11.1 Å². The van der Waals surface area contributed by atoms with Gasteiger partial charge < -0.3 is 15.4 Å². The van der Waals surface area contributed by atoms with E-state index in [1.165, 1.54) is 0 Å². The molecular formula is C17H16N2O2S. The summed E-state index contributed by atoms with van der Waals surface area (Å²) in [5, 5.41) is 6.16. The van der Waals surface area contributed by atoms with Crippen molar-refractivity contribution in [1.29, 1.82) is 0 Å². The van der Waals surface area contributed by atoms with Gasteiger partial charge >= 0.3 is 0 Å². The van der Waals surface area contributed by atoms with Crippen LogP contribution in [0.5, 0.6) is 5.75 Å². The van der Waals surface area contributed by atoms with Crippen molar-refractivity contribution in [2.75, 3.05) is 0 Å². The average molecular weight is 312 g/mol. The maximum absolute atomic E-state index is 12.6. The first-order valence-corrected chi connectivity index (χ1v) is 7.36. The summed E-state index contributed by atoms with van der Waals surface area (Å²) in [6.07, 6.45) is 5.37. The molecule has 0 aromatic heterocycles. The highest BCUT2D eigenvalue weighted by atomic mass is 32.1. The molecule has 1 aromatic rings. The van der Waals surface area contributed by atoms with Gasteiger partial charge in [0.2, 0.25) is 0 Å². The molecule has 112 valence electrons.